The predicted octanol–water partition coefficient (Wildman–Crippen LogP) is 5.47. The second-order valence-corrected chi connectivity index (χ2v) is 8.17. The molecule has 1 amide bonds. The van der Waals surface area contributed by atoms with Crippen molar-refractivity contribution in [3.8, 4) is 5.75 Å². The first-order valence-electron chi connectivity index (χ1n) is 9.85. The molecular formula is C23H26Cl2N2O3. The first kappa shape index (κ1) is 22.5. The minimum absolute atomic E-state index is 0.210. The number of halogens is 2. The lowest BCUT2D eigenvalue weighted by Crippen LogP contribution is -2.32. The first-order chi connectivity index (χ1) is 14.3. The molecule has 160 valence electrons. The highest BCUT2D eigenvalue weighted by atomic mass is 35.5. The van der Waals surface area contributed by atoms with Crippen LogP contribution in [0.3, 0.4) is 0 Å². The number of carbonyl (C=O) groups is 1. The van der Waals surface area contributed by atoms with Crippen molar-refractivity contribution in [1.82, 2.24) is 9.88 Å². The number of aromatic nitrogens is 1. The number of methoxy groups -OCH3 is 1. The molecule has 30 heavy (non-hydrogen) atoms. The number of amides is 1. The minimum Gasteiger partial charge on any atom is -0.495 e. The van der Waals surface area contributed by atoms with Crippen molar-refractivity contribution >= 4 is 40.0 Å². The molecule has 1 heterocycles. The summed E-state index contributed by atoms with van der Waals surface area (Å²) < 4.78 is 7.00. The fourth-order valence-electron chi connectivity index (χ4n) is 3.51. The van der Waals surface area contributed by atoms with Crippen LogP contribution in [0.15, 0.2) is 36.4 Å². The molecule has 0 fully saturated rings. The third kappa shape index (κ3) is 4.15. The second-order valence-electron chi connectivity index (χ2n) is 7.41. The molecule has 0 aliphatic heterocycles. The molecular weight excluding hydrogens is 423 g/mol. The Labute approximate surface area is 186 Å². The van der Waals surface area contributed by atoms with E-state index in [-0.39, 0.29) is 12.5 Å². The van der Waals surface area contributed by atoms with Crippen molar-refractivity contribution in [1.29, 1.82) is 0 Å². The van der Waals surface area contributed by atoms with E-state index >= 15 is 0 Å². The van der Waals surface area contributed by atoms with E-state index in [4.69, 9.17) is 27.9 Å². The predicted molar refractivity (Wildman–Crippen MR) is 122 cm³/mol. The van der Waals surface area contributed by atoms with Crippen LogP contribution >= 0.6 is 23.2 Å². The number of aryl methyl sites for hydroxylation is 1. The fourth-order valence-corrected chi connectivity index (χ4v) is 3.99. The SMILES string of the molecule is CCC(C)c1ccc([C@@H](CO)NC(=O)c2cc3c(Cl)c(Cl)c(OC)cc3n2C)cc1. The van der Waals surface area contributed by atoms with Crippen LogP contribution in [0.2, 0.25) is 10.0 Å². The van der Waals surface area contributed by atoms with Crippen LogP contribution in [0.25, 0.3) is 10.9 Å². The molecule has 1 aromatic heterocycles. The second kappa shape index (κ2) is 9.29. The van der Waals surface area contributed by atoms with Gasteiger partial charge in [0.2, 0.25) is 0 Å². The number of aliphatic hydroxyl groups excluding tert-OH is 1. The molecule has 3 aromatic rings. The largest absolute Gasteiger partial charge is 0.495 e. The Morgan fingerprint density at radius 2 is 1.80 bits per heavy atom. The standard InChI is InChI=1S/C23H26Cl2N2O3/c1-5-13(2)14-6-8-15(9-7-14)17(12-28)26-23(29)19-10-16-18(27(19)3)11-20(30-4)22(25)21(16)24/h6-11,13,17,28H,5,12H2,1-4H3,(H,26,29)/t13?,17-/m1/s1. The maximum atomic E-state index is 13.0. The van der Waals surface area contributed by atoms with Gasteiger partial charge < -0.3 is 19.7 Å². The Morgan fingerprint density at radius 3 is 2.37 bits per heavy atom. The zero-order valence-electron chi connectivity index (χ0n) is 17.5. The lowest BCUT2D eigenvalue weighted by molar-refractivity contribution is 0.0908. The quantitative estimate of drug-likeness (QED) is 0.503. The first-order valence-corrected chi connectivity index (χ1v) is 10.6. The monoisotopic (exact) mass is 448 g/mol. The lowest BCUT2D eigenvalue weighted by atomic mass is 9.96. The van der Waals surface area contributed by atoms with Gasteiger partial charge in [0.25, 0.3) is 5.91 Å². The Bertz CT molecular complexity index is 1060. The molecule has 7 heteroatoms. The zero-order chi connectivity index (χ0) is 22.0. The van der Waals surface area contributed by atoms with Crippen molar-refractivity contribution in [2.45, 2.75) is 32.2 Å². The summed E-state index contributed by atoms with van der Waals surface area (Å²) in [4.78, 5) is 13.0. The van der Waals surface area contributed by atoms with Crippen LogP contribution in [-0.2, 0) is 7.05 Å². The Balaban J connectivity index is 1.89. The summed E-state index contributed by atoms with van der Waals surface area (Å²) in [5, 5.41) is 14.1. The topological polar surface area (TPSA) is 63.5 Å². The molecule has 0 saturated carbocycles. The summed E-state index contributed by atoms with van der Waals surface area (Å²) in [5.74, 6) is 0.590. The molecule has 5 nitrogen and oxygen atoms in total. The summed E-state index contributed by atoms with van der Waals surface area (Å²) in [6, 6.07) is 10.9. The zero-order valence-corrected chi connectivity index (χ0v) is 19.0. The molecule has 2 N–H and O–H groups in total. The molecule has 0 radical (unpaired) electrons. The van der Waals surface area contributed by atoms with Crippen LogP contribution < -0.4 is 10.1 Å². The van der Waals surface area contributed by atoms with Crippen LogP contribution in [0.4, 0.5) is 0 Å². The Kier molecular flexibility index (Phi) is 6.96. The highest BCUT2D eigenvalue weighted by molar-refractivity contribution is 6.46. The number of carbonyl (C=O) groups excluding carboxylic acids is 1. The molecule has 0 spiro atoms. The fraction of sp³-hybridized carbons (Fsp3) is 0.348. The number of aliphatic hydroxyl groups is 1. The van der Waals surface area contributed by atoms with Gasteiger partial charge in [-0.15, -0.1) is 0 Å². The molecule has 1 unspecified atom stereocenters. The van der Waals surface area contributed by atoms with Gasteiger partial charge in [-0.2, -0.15) is 0 Å². The maximum absolute atomic E-state index is 13.0. The summed E-state index contributed by atoms with van der Waals surface area (Å²) in [6.07, 6.45) is 1.05. The Morgan fingerprint density at radius 1 is 1.17 bits per heavy atom. The lowest BCUT2D eigenvalue weighted by Gasteiger charge is -2.18. The molecule has 3 rings (SSSR count). The third-order valence-electron chi connectivity index (χ3n) is 5.65. The van der Waals surface area contributed by atoms with Crippen molar-refractivity contribution in [2.24, 2.45) is 7.05 Å². The van der Waals surface area contributed by atoms with Crippen LogP contribution in [0.5, 0.6) is 5.75 Å². The summed E-state index contributed by atoms with van der Waals surface area (Å²) in [5.41, 5.74) is 3.22. The van der Waals surface area contributed by atoms with E-state index in [9.17, 15) is 9.90 Å². The molecule has 2 aromatic carbocycles. The van der Waals surface area contributed by atoms with Gasteiger partial charge in [0.15, 0.2) is 0 Å². The van der Waals surface area contributed by atoms with Crippen molar-refractivity contribution in [2.75, 3.05) is 13.7 Å². The van der Waals surface area contributed by atoms with E-state index in [0.717, 1.165) is 17.5 Å². The van der Waals surface area contributed by atoms with Gasteiger partial charge in [-0.05, 0) is 29.5 Å². The minimum atomic E-state index is -0.518. The van der Waals surface area contributed by atoms with E-state index in [1.54, 1.807) is 23.7 Å². The van der Waals surface area contributed by atoms with E-state index in [1.165, 1.54) is 12.7 Å². The number of nitrogens with zero attached hydrogens (tertiary/aromatic N) is 1. The van der Waals surface area contributed by atoms with E-state index in [0.29, 0.717) is 32.8 Å². The number of fused-ring (bicyclic) bond motifs is 1. The van der Waals surface area contributed by atoms with E-state index in [1.807, 2.05) is 24.3 Å². The number of rotatable bonds is 7. The molecule has 0 bridgehead atoms. The number of ether oxygens (including phenoxy) is 1. The van der Waals surface area contributed by atoms with Crippen molar-refractivity contribution in [3.63, 3.8) is 0 Å². The average molecular weight is 449 g/mol. The number of hydrogen-bond acceptors (Lipinski definition) is 3. The van der Waals surface area contributed by atoms with Crippen LogP contribution in [0, 0.1) is 0 Å². The maximum Gasteiger partial charge on any atom is 0.268 e. The summed E-state index contributed by atoms with van der Waals surface area (Å²) in [6.45, 7) is 4.11. The summed E-state index contributed by atoms with van der Waals surface area (Å²) >= 11 is 12.6. The Hall–Kier alpha value is -2.21. The van der Waals surface area contributed by atoms with E-state index < -0.39 is 6.04 Å². The number of nitrogens with one attached hydrogen (secondary N) is 1. The third-order valence-corrected chi connectivity index (χ3v) is 6.52. The van der Waals surface area contributed by atoms with Gasteiger partial charge >= 0.3 is 0 Å². The molecule has 0 saturated heterocycles. The van der Waals surface area contributed by atoms with Gasteiger partial charge in [0, 0.05) is 18.5 Å². The molecule has 0 aliphatic carbocycles. The molecule has 2 atom stereocenters. The van der Waals surface area contributed by atoms with Crippen molar-refractivity contribution in [3.05, 3.63) is 63.3 Å². The van der Waals surface area contributed by atoms with Gasteiger partial charge in [0.05, 0.1) is 30.3 Å². The normalized spacial score (nSPS) is 13.3. The van der Waals surface area contributed by atoms with Crippen LogP contribution in [0.1, 0.15) is 53.8 Å². The number of hydrogen-bond donors (Lipinski definition) is 2. The molecule has 0 aliphatic rings. The van der Waals surface area contributed by atoms with Gasteiger partial charge in [0.1, 0.15) is 16.5 Å². The highest BCUT2D eigenvalue weighted by Crippen LogP contribution is 2.39. The van der Waals surface area contributed by atoms with Gasteiger partial charge in [-0.3, -0.25) is 4.79 Å². The van der Waals surface area contributed by atoms with Crippen LogP contribution in [-0.4, -0.2) is 29.3 Å². The number of benzene rings is 2. The van der Waals surface area contributed by atoms with Gasteiger partial charge in [-0.1, -0.05) is 61.3 Å². The van der Waals surface area contributed by atoms with E-state index in [2.05, 4.69) is 19.2 Å². The smallest absolute Gasteiger partial charge is 0.268 e. The highest BCUT2D eigenvalue weighted by Gasteiger charge is 2.21. The van der Waals surface area contributed by atoms with Gasteiger partial charge in [-0.25, -0.2) is 0 Å². The average Bonchev–Trinajstić information content (AvgIpc) is 3.10. The summed E-state index contributed by atoms with van der Waals surface area (Å²) in [7, 11) is 3.29. The van der Waals surface area contributed by atoms with Crippen molar-refractivity contribution < 1.29 is 14.6 Å².